The highest BCUT2D eigenvalue weighted by molar-refractivity contribution is 6.02. The SMILES string of the molecule is CC1(C)c2ccccc2-c2c(-c3ccc4cc(-c5nc(-c6ccccc6)nc(-c6ccccc6)n5)ccc4c3)nc3ccccc3c21. The number of benzene rings is 6. The molecule has 8 aromatic rings. The topological polar surface area (TPSA) is 51.6 Å². The molecule has 0 saturated heterocycles. The number of hydrogen-bond donors (Lipinski definition) is 0. The van der Waals surface area contributed by atoms with Crippen molar-refractivity contribution in [1.29, 1.82) is 0 Å². The molecule has 0 aliphatic heterocycles. The summed E-state index contributed by atoms with van der Waals surface area (Å²) in [5.41, 5.74) is 11.1. The van der Waals surface area contributed by atoms with E-state index in [9.17, 15) is 0 Å². The van der Waals surface area contributed by atoms with Gasteiger partial charge in [0.25, 0.3) is 0 Å². The lowest BCUT2D eigenvalue weighted by atomic mass is 9.80. The second-order valence-electron chi connectivity index (χ2n) is 12.7. The summed E-state index contributed by atoms with van der Waals surface area (Å²) >= 11 is 0. The highest BCUT2D eigenvalue weighted by Gasteiger charge is 2.39. The zero-order valence-electron chi connectivity index (χ0n) is 26.1. The van der Waals surface area contributed by atoms with Crippen LogP contribution < -0.4 is 0 Å². The molecule has 0 radical (unpaired) electrons. The maximum Gasteiger partial charge on any atom is 0.164 e. The molecule has 0 bridgehead atoms. The molecule has 9 rings (SSSR count). The third kappa shape index (κ3) is 4.44. The molecule has 1 aliphatic rings. The quantitative estimate of drug-likeness (QED) is 0.201. The number of rotatable bonds is 4. The first-order chi connectivity index (χ1) is 23.0. The Balaban J connectivity index is 1.19. The van der Waals surface area contributed by atoms with Crippen LogP contribution >= 0.6 is 0 Å². The number of nitrogens with zero attached hydrogens (tertiary/aromatic N) is 4. The molecule has 4 heteroatoms. The summed E-state index contributed by atoms with van der Waals surface area (Å²) in [5.74, 6) is 1.96. The Hall–Kier alpha value is -6.00. The molecule has 1 aliphatic carbocycles. The van der Waals surface area contributed by atoms with Gasteiger partial charge in [-0.25, -0.2) is 19.9 Å². The Morgan fingerprint density at radius 2 is 0.979 bits per heavy atom. The molecule has 0 fully saturated rings. The van der Waals surface area contributed by atoms with E-state index in [0.717, 1.165) is 44.2 Å². The summed E-state index contributed by atoms with van der Waals surface area (Å²) in [4.78, 5) is 20.0. The normalized spacial score (nSPS) is 13.1. The van der Waals surface area contributed by atoms with E-state index in [1.165, 1.54) is 27.6 Å². The fourth-order valence-electron chi connectivity index (χ4n) is 7.18. The van der Waals surface area contributed by atoms with Gasteiger partial charge in [-0.3, -0.25) is 0 Å². The molecule has 0 amide bonds. The first-order valence-corrected chi connectivity index (χ1v) is 16.0. The highest BCUT2D eigenvalue weighted by atomic mass is 15.0. The molecule has 0 N–H and O–H groups in total. The van der Waals surface area contributed by atoms with Gasteiger partial charge in [0.15, 0.2) is 17.5 Å². The Kier molecular flexibility index (Phi) is 6.12. The maximum absolute atomic E-state index is 5.30. The fraction of sp³-hybridized carbons (Fsp3) is 0.0698. The highest BCUT2D eigenvalue weighted by Crippen LogP contribution is 2.54. The van der Waals surface area contributed by atoms with Crippen molar-refractivity contribution in [2.24, 2.45) is 0 Å². The summed E-state index contributed by atoms with van der Waals surface area (Å²) in [7, 11) is 0. The van der Waals surface area contributed by atoms with Gasteiger partial charge in [0.05, 0.1) is 11.2 Å². The third-order valence-electron chi connectivity index (χ3n) is 9.46. The molecular weight excluding hydrogens is 573 g/mol. The second-order valence-corrected chi connectivity index (χ2v) is 12.7. The average Bonchev–Trinajstić information content (AvgIpc) is 3.38. The van der Waals surface area contributed by atoms with Crippen molar-refractivity contribution in [3.63, 3.8) is 0 Å². The second kappa shape index (κ2) is 10.5. The van der Waals surface area contributed by atoms with Crippen LogP contribution in [0.2, 0.25) is 0 Å². The number of hydrogen-bond acceptors (Lipinski definition) is 4. The first kappa shape index (κ1) is 27.3. The summed E-state index contributed by atoms with van der Waals surface area (Å²) in [5, 5.41) is 3.48. The molecule has 6 aromatic carbocycles. The average molecular weight is 603 g/mol. The summed E-state index contributed by atoms with van der Waals surface area (Å²) in [6.07, 6.45) is 0. The van der Waals surface area contributed by atoms with Crippen molar-refractivity contribution in [1.82, 2.24) is 19.9 Å². The van der Waals surface area contributed by atoms with Gasteiger partial charge in [0, 0.05) is 38.6 Å². The van der Waals surface area contributed by atoms with Crippen molar-refractivity contribution in [3.05, 3.63) is 157 Å². The molecule has 222 valence electrons. The van der Waals surface area contributed by atoms with Crippen LogP contribution in [0.5, 0.6) is 0 Å². The van der Waals surface area contributed by atoms with E-state index in [0.29, 0.717) is 17.5 Å². The van der Waals surface area contributed by atoms with Gasteiger partial charge in [-0.1, -0.05) is 141 Å². The maximum atomic E-state index is 5.30. The van der Waals surface area contributed by atoms with Crippen LogP contribution in [0.4, 0.5) is 0 Å². The Morgan fingerprint density at radius 1 is 0.447 bits per heavy atom. The Morgan fingerprint density at radius 3 is 1.66 bits per heavy atom. The lowest BCUT2D eigenvalue weighted by molar-refractivity contribution is 0.666. The van der Waals surface area contributed by atoms with E-state index >= 15 is 0 Å². The number of fused-ring (bicyclic) bond motifs is 6. The monoisotopic (exact) mass is 602 g/mol. The largest absolute Gasteiger partial charge is 0.247 e. The third-order valence-corrected chi connectivity index (χ3v) is 9.46. The van der Waals surface area contributed by atoms with Crippen molar-refractivity contribution < 1.29 is 0 Å². The molecule has 2 heterocycles. The van der Waals surface area contributed by atoms with E-state index < -0.39 is 0 Å². The molecule has 0 spiro atoms. The van der Waals surface area contributed by atoms with Gasteiger partial charge in [0.2, 0.25) is 0 Å². The number of para-hydroxylation sites is 1. The molecule has 47 heavy (non-hydrogen) atoms. The van der Waals surface area contributed by atoms with E-state index in [1.807, 2.05) is 60.7 Å². The van der Waals surface area contributed by atoms with Crippen LogP contribution in [0.3, 0.4) is 0 Å². The molecule has 0 atom stereocenters. The standard InChI is InChI=1S/C43H30N4/c1-43(2)35-19-11-9-17-33(35)37-38(43)34-18-10-12-20-36(34)44-39(37)31-23-21-30-26-32(24-22-29(30)25-31)42-46-40(27-13-5-3-6-14-27)45-41(47-42)28-15-7-4-8-16-28/h3-26H,1-2H3. The predicted molar refractivity (Wildman–Crippen MR) is 192 cm³/mol. The number of pyridine rings is 1. The minimum absolute atomic E-state index is 0.128. The lowest BCUT2D eigenvalue weighted by Gasteiger charge is -2.23. The molecule has 2 aromatic heterocycles. The molecular formula is C43H30N4. The lowest BCUT2D eigenvalue weighted by Crippen LogP contribution is -2.15. The summed E-state index contributed by atoms with van der Waals surface area (Å²) in [6, 6.07) is 50.6. The van der Waals surface area contributed by atoms with Gasteiger partial charge in [-0.05, 0) is 45.7 Å². The fourth-order valence-corrected chi connectivity index (χ4v) is 7.18. The van der Waals surface area contributed by atoms with Gasteiger partial charge < -0.3 is 0 Å². The van der Waals surface area contributed by atoms with Crippen LogP contribution in [0, 0.1) is 0 Å². The van der Waals surface area contributed by atoms with E-state index in [1.54, 1.807) is 0 Å². The van der Waals surface area contributed by atoms with Gasteiger partial charge >= 0.3 is 0 Å². The summed E-state index contributed by atoms with van der Waals surface area (Å²) in [6.45, 7) is 4.67. The zero-order valence-corrected chi connectivity index (χ0v) is 26.1. The van der Waals surface area contributed by atoms with Gasteiger partial charge in [-0.2, -0.15) is 0 Å². The van der Waals surface area contributed by atoms with Crippen molar-refractivity contribution in [3.8, 4) is 56.5 Å². The smallest absolute Gasteiger partial charge is 0.164 e. The molecule has 0 unspecified atom stereocenters. The Labute approximate surface area is 273 Å². The van der Waals surface area contributed by atoms with Gasteiger partial charge in [-0.15, -0.1) is 0 Å². The van der Waals surface area contributed by atoms with Crippen molar-refractivity contribution in [2.75, 3.05) is 0 Å². The Bertz CT molecular complexity index is 2430. The zero-order chi connectivity index (χ0) is 31.5. The van der Waals surface area contributed by atoms with Crippen LogP contribution in [0.1, 0.15) is 25.0 Å². The molecule has 4 nitrogen and oxygen atoms in total. The minimum atomic E-state index is -0.128. The van der Waals surface area contributed by atoms with Crippen LogP contribution in [0.15, 0.2) is 146 Å². The summed E-state index contributed by atoms with van der Waals surface area (Å²) < 4.78 is 0. The number of aromatic nitrogens is 4. The van der Waals surface area contributed by atoms with Crippen molar-refractivity contribution >= 4 is 21.7 Å². The van der Waals surface area contributed by atoms with Crippen LogP contribution in [0.25, 0.3) is 78.2 Å². The van der Waals surface area contributed by atoms with E-state index in [-0.39, 0.29) is 5.41 Å². The van der Waals surface area contributed by atoms with E-state index in [4.69, 9.17) is 19.9 Å². The van der Waals surface area contributed by atoms with Crippen LogP contribution in [-0.2, 0) is 5.41 Å². The molecule has 0 saturated carbocycles. The predicted octanol–water partition coefficient (Wildman–Crippen LogP) is 10.5. The van der Waals surface area contributed by atoms with Gasteiger partial charge in [0.1, 0.15) is 0 Å². The minimum Gasteiger partial charge on any atom is -0.247 e. The van der Waals surface area contributed by atoms with Crippen molar-refractivity contribution in [2.45, 2.75) is 19.3 Å². The first-order valence-electron chi connectivity index (χ1n) is 16.0. The van der Waals surface area contributed by atoms with E-state index in [2.05, 4.69) is 98.8 Å². The van der Waals surface area contributed by atoms with Crippen LogP contribution in [-0.4, -0.2) is 19.9 Å².